The Kier molecular flexibility index (Phi) is 3.57. The van der Waals surface area contributed by atoms with Crippen LogP contribution in [0.2, 0.25) is 0 Å². The van der Waals surface area contributed by atoms with E-state index in [0.717, 1.165) is 17.2 Å². The van der Waals surface area contributed by atoms with Crippen molar-refractivity contribution in [3.05, 3.63) is 70.8 Å². The van der Waals surface area contributed by atoms with Crippen molar-refractivity contribution in [2.24, 2.45) is 0 Å². The van der Waals surface area contributed by atoms with Crippen molar-refractivity contribution in [1.29, 1.82) is 0 Å². The van der Waals surface area contributed by atoms with E-state index in [1.54, 1.807) is 17.0 Å². The molecule has 0 bridgehead atoms. The fourth-order valence-corrected chi connectivity index (χ4v) is 2.48. The van der Waals surface area contributed by atoms with Crippen molar-refractivity contribution in [3.63, 3.8) is 0 Å². The molecule has 3 heteroatoms. The zero-order chi connectivity index (χ0) is 14.8. The molecular formula is C18H18N2O. The number of hydrogen-bond acceptors (Lipinski definition) is 2. The third-order valence-corrected chi connectivity index (χ3v) is 4.01. The zero-order valence-corrected chi connectivity index (χ0v) is 12.3. The lowest BCUT2D eigenvalue weighted by Crippen LogP contribution is -2.18. The van der Waals surface area contributed by atoms with Gasteiger partial charge in [-0.1, -0.05) is 32.0 Å². The van der Waals surface area contributed by atoms with Crippen LogP contribution in [0.15, 0.2) is 59.7 Å². The Balaban J connectivity index is 2.17. The summed E-state index contributed by atoms with van der Waals surface area (Å²) in [5.41, 5.74) is 1.18. The summed E-state index contributed by atoms with van der Waals surface area (Å²) in [4.78, 5) is 17.0. The molecule has 0 N–H and O–H groups in total. The van der Waals surface area contributed by atoms with E-state index in [1.165, 1.54) is 5.56 Å². The van der Waals surface area contributed by atoms with Gasteiger partial charge in [0, 0.05) is 17.8 Å². The fourth-order valence-electron chi connectivity index (χ4n) is 2.48. The molecule has 2 heterocycles. The number of fused-ring (bicyclic) bond motifs is 1. The largest absolute Gasteiger partial charge is 0.268 e. The van der Waals surface area contributed by atoms with Crippen molar-refractivity contribution < 1.29 is 0 Å². The van der Waals surface area contributed by atoms with Gasteiger partial charge >= 0.3 is 0 Å². The van der Waals surface area contributed by atoms with Crippen molar-refractivity contribution in [1.82, 2.24) is 9.55 Å². The van der Waals surface area contributed by atoms with Gasteiger partial charge in [-0.3, -0.25) is 9.36 Å². The van der Waals surface area contributed by atoms with E-state index in [1.807, 2.05) is 42.5 Å². The summed E-state index contributed by atoms with van der Waals surface area (Å²) in [6.45, 7) is 4.34. The maximum Gasteiger partial charge on any atom is 0.264 e. The minimum Gasteiger partial charge on any atom is -0.268 e. The molecule has 21 heavy (non-hydrogen) atoms. The minimum atomic E-state index is -0.0260. The molecule has 0 spiro atoms. The topological polar surface area (TPSA) is 34.9 Å². The van der Waals surface area contributed by atoms with Crippen LogP contribution in [0.1, 0.15) is 31.7 Å². The number of aromatic nitrogens is 2. The summed E-state index contributed by atoms with van der Waals surface area (Å²) >= 11 is 0. The SMILES string of the molecule is CCC(C)c1ccnc(-n2ccc3ccccc3c2=O)c1. The first-order valence-electron chi connectivity index (χ1n) is 7.27. The van der Waals surface area contributed by atoms with Gasteiger partial charge in [-0.15, -0.1) is 0 Å². The van der Waals surface area contributed by atoms with Gasteiger partial charge in [0.2, 0.25) is 0 Å². The monoisotopic (exact) mass is 278 g/mol. The Morgan fingerprint density at radius 2 is 2.00 bits per heavy atom. The molecule has 106 valence electrons. The standard InChI is InChI=1S/C18H18N2O/c1-3-13(2)15-8-10-19-17(12-15)20-11-9-14-6-4-5-7-16(14)18(20)21/h4-13H,3H2,1-2H3. The summed E-state index contributed by atoms with van der Waals surface area (Å²) < 4.78 is 1.62. The minimum absolute atomic E-state index is 0.0260. The molecule has 1 aromatic carbocycles. The van der Waals surface area contributed by atoms with Gasteiger partial charge in [-0.2, -0.15) is 0 Å². The Morgan fingerprint density at radius 3 is 2.81 bits per heavy atom. The quantitative estimate of drug-likeness (QED) is 0.728. The second-order valence-corrected chi connectivity index (χ2v) is 5.33. The van der Waals surface area contributed by atoms with Gasteiger partial charge < -0.3 is 0 Å². The number of hydrogen-bond donors (Lipinski definition) is 0. The molecule has 3 aromatic rings. The highest BCUT2D eigenvalue weighted by atomic mass is 16.1. The molecule has 2 aromatic heterocycles. The first-order valence-corrected chi connectivity index (χ1v) is 7.27. The second-order valence-electron chi connectivity index (χ2n) is 5.33. The van der Waals surface area contributed by atoms with Crippen LogP contribution in [-0.4, -0.2) is 9.55 Å². The predicted molar refractivity (Wildman–Crippen MR) is 86.0 cm³/mol. The van der Waals surface area contributed by atoms with Crippen molar-refractivity contribution >= 4 is 10.8 Å². The maximum absolute atomic E-state index is 12.6. The summed E-state index contributed by atoms with van der Waals surface area (Å²) in [5, 5.41) is 1.67. The average Bonchev–Trinajstić information content (AvgIpc) is 2.55. The van der Waals surface area contributed by atoms with Crippen LogP contribution in [-0.2, 0) is 0 Å². The van der Waals surface area contributed by atoms with E-state index in [-0.39, 0.29) is 5.56 Å². The smallest absolute Gasteiger partial charge is 0.264 e. The molecule has 0 amide bonds. The van der Waals surface area contributed by atoms with Crippen LogP contribution in [0.4, 0.5) is 0 Å². The zero-order valence-electron chi connectivity index (χ0n) is 12.3. The van der Waals surface area contributed by atoms with E-state index in [0.29, 0.717) is 11.7 Å². The van der Waals surface area contributed by atoms with E-state index in [2.05, 4.69) is 18.8 Å². The third-order valence-electron chi connectivity index (χ3n) is 4.01. The Bertz CT molecular complexity index is 836. The van der Waals surface area contributed by atoms with Crippen LogP contribution in [0, 0.1) is 0 Å². The molecule has 0 saturated carbocycles. The van der Waals surface area contributed by atoms with Crippen LogP contribution in [0.5, 0.6) is 0 Å². The molecule has 0 aliphatic rings. The van der Waals surface area contributed by atoms with Crippen LogP contribution >= 0.6 is 0 Å². The lowest BCUT2D eigenvalue weighted by molar-refractivity contribution is 0.729. The first kappa shape index (κ1) is 13.6. The first-order chi connectivity index (χ1) is 10.2. The Morgan fingerprint density at radius 1 is 1.19 bits per heavy atom. The van der Waals surface area contributed by atoms with Crippen LogP contribution in [0.25, 0.3) is 16.6 Å². The molecule has 3 nitrogen and oxygen atoms in total. The summed E-state index contributed by atoms with van der Waals surface area (Å²) in [6, 6.07) is 13.6. The summed E-state index contributed by atoms with van der Waals surface area (Å²) in [5.74, 6) is 1.14. The van der Waals surface area contributed by atoms with Gasteiger partial charge in [0.15, 0.2) is 0 Å². The highest BCUT2D eigenvalue weighted by Crippen LogP contribution is 2.19. The lowest BCUT2D eigenvalue weighted by atomic mass is 10.00. The van der Waals surface area contributed by atoms with Gasteiger partial charge in [0.05, 0.1) is 0 Å². The van der Waals surface area contributed by atoms with Crippen molar-refractivity contribution in [2.75, 3.05) is 0 Å². The number of pyridine rings is 2. The molecule has 0 saturated heterocycles. The fraction of sp³-hybridized carbons (Fsp3) is 0.222. The Hall–Kier alpha value is -2.42. The normalized spacial score (nSPS) is 12.5. The summed E-state index contributed by atoms with van der Waals surface area (Å²) in [6.07, 6.45) is 4.64. The molecule has 3 rings (SSSR count). The van der Waals surface area contributed by atoms with Gasteiger partial charge in [-0.05, 0) is 47.6 Å². The molecular weight excluding hydrogens is 260 g/mol. The van der Waals surface area contributed by atoms with Gasteiger partial charge in [0.1, 0.15) is 5.82 Å². The van der Waals surface area contributed by atoms with E-state index in [9.17, 15) is 4.79 Å². The lowest BCUT2D eigenvalue weighted by Gasteiger charge is -2.11. The number of benzene rings is 1. The van der Waals surface area contributed by atoms with E-state index in [4.69, 9.17) is 0 Å². The molecule has 1 unspecified atom stereocenters. The molecule has 0 fully saturated rings. The molecule has 0 aliphatic heterocycles. The second kappa shape index (κ2) is 5.52. The summed E-state index contributed by atoms with van der Waals surface area (Å²) in [7, 11) is 0. The predicted octanol–water partition coefficient (Wildman–Crippen LogP) is 3.90. The molecule has 1 atom stereocenters. The third kappa shape index (κ3) is 2.47. The Labute approximate surface area is 123 Å². The van der Waals surface area contributed by atoms with Crippen LogP contribution < -0.4 is 5.56 Å². The van der Waals surface area contributed by atoms with E-state index < -0.39 is 0 Å². The molecule has 0 aliphatic carbocycles. The molecule has 0 radical (unpaired) electrons. The maximum atomic E-state index is 12.6. The van der Waals surface area contributed by atoms with Crippen molar-refractivity contribution in [2.45, 2.75) is 26.2 Å². The number of nitrogens with zero attached hydrogens (tertiary/aromatic N) is 2. The van der Waals surface area contributed by atoms with Crippen LogP contribution in [0.3, 0.4) is 0 Å². The number of rotatable bonds is 3. The van der Waals surface area contributed by atoms with Gasteiger partial charge in [-0.25, -0.2) is 4.98 Å². The van der Waals surface area contributed by atoms with Gasteiger partial charge in [0.25, 0.3) is 5.56 Å². The highest BCUT2D eigenvalue weighted by Gasteiger charge is 2.08. The van der Waals surface area contributed by atoms with Crippen molar-refractivity contribution in [3.8, 4) is 5.82 Å². The average molecular weight is 278 g/mol. The van der Waals surface area contributed by atoms with E-state index >= 15 is 0 Å². The highest BCUT2D eigenvalue weighted by molar-refractivity contribution is 5.81.